The van der Waals surface area contributed by atoms with Crippen LogP contribution >= 0.6 is 0 Å². The van der Waals surface area contributed by atoms with Crippen LogP contribution in [0.15, 0.2) is 0 Å². The molecule has 0 aromatic heterocycles. The summed E-state index contributed by atoms with van der Waals surface area (Å²) in [5, 5.41) is 4.29. The Kier molecular flexibility index (Phi) is 4.20. The summed E-state index contributed by atoms with van der Waals surface area (Å²) in [6, 6.07) is 0. The second-order valence-electron chi connectivity index (χ2n) is 3.14. The molecule has 1 amide bonds. The van der Waals surface area contributed by atoms with E-state index in [1.807, 2.05) is 20.8 Å². The Morgan fingerprint density at radius 1 is 1.58 bits per heavy atom. The molecule has 72 valence electrons. The van der Waals surface area contributed by atoms with Crippen molar-refractivity contribution in [2.75, 3.05) is 20.7 Å². The third-order valence-electron chi connectivity index (χ3n) is 1.71. The summed E-state index contributed by atoms with van der Waals surface area (Å²) >= 11 is 0. The lowest BCUT2D eigenvalue weighted by Gasteiger charge is -2.28. The molecular formula is C8H18N2O2. The first-order valence-corrected chi connectivity index (χ1v) is 4.03. The topological polar surface area (TPSA) is 41.6 Å². The number of hydroxylamine groups is 2. The molecule has 0 heterocycles. The maximum absolute atomic E-state index is 11.5. The summed E-state index contributed by atoms with van der Waals surface area (Å²) in [5.41, 5.74) is -0.556. The minimum absolute atomic E-state index is 0.0770. The lowest BCUT2D eigenvalue weighted by molar-refractivity contribution is -0.175. The van der Waals surface area contributed by atoms with Crippen molar-refractivity contribution in [2.45, 2.75) is 26.3 Å². The van der Waals surface area contributed by atoms with Crippen LogP contribution in [0, 0.1) is 0 Å². The fourth-order valence-electron chi connectivity index (χ4n) is 0.994. The molecule has 0 aliphatic rings. The molecule has 0 bridgehead atoms. The van der Waals surface area contributed by atoms with Gasteiger partial charge in [0, 0.05) is 7.05 Å². The van der Waals surface area contributed by atoms with E-state index in [1.54, 1.807) is 7.05 Å². The number of rotatable bonds is 4. The normalized spacial score (nSPS) is 11.4. The van der Waals surface area contributed by atoms with Crippen LogP contribution in [0.2, 0.25) is 0 Å². The average Bonchev–Trinajstić information content (AvgIpc) is 2.01. The molecule has 4 heteroatoms. The first-order valence-electron chi connectivity index (χ1n) is 4.03. The molecule has 12 heavy (non-hydrogen) atoms. The molecule has 4 nitrogen and oxygen atoms in total. The third-order valence-corrected chi connectivity index (χ3v) is 1.71. The highest BCUT2D eigenvalue weighted by Gasteiger charge is 2.29. The first kappa shape index (κ1) is 11.4. The van der Waals surface area contributed by atoms with Gasteiger partial charge in [-0.3, -0.25) is 9.63 Å². The van der Waals surface area contributed by atoms with Crippen LogP contribution in [0.1, 0.15) is 20.8 Å². The number of hydrogen-bond acceptors (Lipinski definition) is 3. The van der Waals surface area contributed by atoms with E-state index in [0.29, 0.717) is 0 Å². The van der Waals surface area contributed by atoms with Gasteiger partial charge in [0.2, 0.25) is 0 Å². The van der Waals surface area contributed by atoms with Crippen LogP contribution in [0.5, 0.6) is 0 Å². The van der Waals surface area contributed by atoms with Crippen LogP contribution < -0.4 is 5.32 Å². The zero-order valence-corrected chi connectivity index (χ0v) is 8.47. The number of amides is 1. The standard InChI is InChI=1S/C8H18N2O2/c1-6-9-8(2,3)7(11)10(4)12-5/h9H,6H2,1-5H3. The van der Waals surface area contributed by atoms with E-state index in [0.717, 1.165) is 6.54 Å². The van der Waals surface area contributed by atoms with E-state index < -0.39 is 5.54 Å². The molecule has 0 aromatic rings. The second kappa shape index (κ2) is 4.42. The molecule has 0 saturated heterocycles. The molecule has 0 aliphatic heterocycles. The molecule has 0 saturated carbocycles. The average molecular weight is 174 g/mol. The van der Waals surface area contributed by atoms with Gasteiger partial charge in [-0.1, -0.05) is 6.92 Å². The minimum Gasteiger partial charge on any atom is -0.304 e. The van der Waals surface area contributed by atoms with Gasteiger partial charge in [0.15, 0.2) is 0 Å². The lowest BCUT2D eigenvalue weighted by atomic mass is 10.1. The quantitative estimate of drug-likeness (QED) is 0.627. The lowest BCUT2D eigenvalue weighted by Crippen LogP contribution is -2.52. The fourth-order valence-corrected chi connectivity index (χ4v) is 0.994. The number of carbonyl (C=O) groups excluding carboxylic acids is 1. The highest BCUT2D eigenvalue weighted by Crippen LogP contribution is 2.05. The van der Waals surface area contributed by atoms with E-state index in [9.17, 15) is 4.79 Å². The van der Waals surface area contributed by atoms with Crippen LogP contribution in [0.3, 0.4) is 0 Å². The number of hydrogen-bond donors (Lipinski definition) is 1. The maximum Gasteiger partial charge on any atom is 0.265 e. The molecule has 1 N–H and O–H groups in total. The molecule has 0 spiro atoms. The minimum atomic E-state index is -0.556. The Labute approximate surface area is 73.8 Å². The van der Waals surface area contributed by atoms with E-state index in [2.05, 4.69) is 5.32 Å². The van der Waals surface area contributed by atoms with Crippen LogP contribution in [-0.4, -0.2) is 37.2 Å². The van der Waals surface area contributed by atoms with Gasteiger partial charge < -0.3 is 5.32 Å². The van der Waals surface area contributed by atoms with Crippen molar-refractivity contribution in [1.29, 1.82) is 0 Å². The monoisotopic (exact) mass is 174 g/mol. The zero-order chi connectivity index (χ0) is 9.78. The van der Waals surface area contributed by atoms with Gasteiger partial charge >= 0.3 is 0 Å². The largest absolute Gasteiger partial charge is 0.304 e. The van der Waals surface area contributed by atoms with Crippen molar-refractivity contribution in [3.05, 3.63) is 0 Å². The molecule has 0 fully saturated rings. The molecular weight excluding hydrogens is 156 g/mol. The molecule has 0 aromatic carbocycles. The Morgan fingerprint density at radius 2 is 2.08 bits per heavy atom. The smallest absolute Gasteiger partial charge is 0.265 e. The van der Waals surface area contributed by atoms with E-state index >= 15 is 0 Å². The van der Waals surface area contributed by atoms with Gasteiger partial charge in [0.25, 0.3) is 5.91 Å². The van der Waals surface area contributed by atoms with Gasteiger partial charge in [-0.2, -0.15) is 0 Å². The van der Waals surface area contributed by atoms with Crippen molar-refractivity contribution in [2.24, 2.45) is 0 Å². The Hall–Kier alpha value is -0.610. The number of likely N-dealkylation sites (N-methyl/N-ethyl adjacent to an activating group) is 2. The summed E-state index contributed by atoms with van der Waals surface area (Å²) < 4.78 is 0. The van der Waals surface area contributed by atoms with Gasteiger partial charge in [-0.05, 0) is 20.4 Å². The number of carbonyl (C=O) groups is 1. The summed E-state index contributed by atoms with van der Waals surface area (Å²) in [4.78, 5) is 16.3. The van der Waals surface area contributed by atoms with Crippen molar-refractivity contribution in [3.63, 3.8) is 0 Å². The van der Waals surface area contributed by atoms with E-state index in [4.69, 9.17) is 4.84 Å². The summed E-state index contributed by atoms with van der Waals surface area (Å²) in [5.74, 6) is -0.0770. The van der Waals surface area contributed by atoms with Gasteiger partial charge in [-0.15, -0.1) is 0 Å². The third kappa shape index (κ3) is 2.79. The van der Waals surface area contributed by atoms with Crippen LogP contribution in [-0.2, 0) is 9.63 Å². The first-order chi connectivity index (χ1) is 5.45. The summed E-state index contributed by atoms with van der Waals surface area (Å²) in [7, 11) is 3.07. The maximum atomic E-state index is 11.5. The number of nitrogens with zero attached hydrogens (tertiary/aromatic N) is 1. The van der Waals surface area contributed by atoms with E-state index in [1.165, 1.54) is 12.2 Å². The van der Waals surface area contributed by atoms with Crippen molar-refractivity contribution in [1.82, 2.24) is 10.4 Å². The highest BCUT2D eigenvalue weighted by molar-refractivity contribution is 5.84. The molecule has 0 atom stereocenters. The summed E-state index contributed by atoms with van der Waals surface area (Å²) in [6.45, 7) is 6.38. The summed E-state index contributed by atoms with van der Waals surface area (Å²) in [6.07, 6.45) is 0. The van der Waals surface area contributed by atoms with Gasteiger partial charge in [-0.25, -0.2) is 5.06 Å². The Morgan fingerprint density at radius 3 is 2.42 bits per heavy atom. The van der Waals surface area contributed by atoms with Crippen molar-refractivity contribution in [3.8, 4) is 0 Å². The Balaban J connectivity index is 4.24. The molecule has 0 aliphatic carbocycles. The van der Waals surface area contributed by atoms with Gasteiger partial charge in [0.1, 0.15) is 0 Å². The molecule has 0 rings (SSSR count). The SMILES string of the molecule is CCNC(C)(C)C(=O)N(C)OC. The van der Waals surface area contributed by atoms with Crippen molar-refractivity contribution >= 4 is 5.91 Å². The van der Waals surface area contributed by atoms with Crippen LogP contribution in [0.4, 0.5) is 0 Å². The fraction of sp³-hybridized carbons (Fsp3) is 0.875. The predicted molar refractivity (Wildman–Crippen MR) is 47.5 cm³/mol. The molecule has 0 unspecified atom stereocenters. The molecule has 0 radical (unpaired) electrons. The Bertz CT molecular complexity index is 157. The van der Waals surface area contributed by atoms with Crippen LogP contribution in [0.25, 0.3) is 0 Å². The van der Waals surface area contributed by atoms with Gasteiger partial charge in [0.05, 0.1) is 12.6 Å². The number of nitrogens with one attached hydrogen (secondary N) is 1. The van der Waals surface area contributed by atoms with Crippen molar-refractivity contribution < 1.29 is 9.63 Å². The van der Waals surface area contributed by atoms with E-state index in [-0.39, 0.29) is 5.91 Å². The highest BCUT2D eigenvalue weighted by atomic mass is 16.7. The predicted octanol–water partition coefficient (Wildman–Crippen LogP) is 0.394. The zero-order valence-electron chi connectivity index (χ0n) is 8.47. The second-order valence-corrected chi connectivity index (χ2v) is 3.14.